The van der Waals surface area contributed by atoms with E-state index < -0.39 is 0 Å². The van der Waals surface area contributed by atoms with E-state index in [1.807, 2.05) is 34.9 Å². The number of aromatic nitrogens is 3. The lowest BCUT2D eigenvalue weighted by Gasteiger charge is -2.14. The van der Waals surface area contributed by atoms with Crippen LogP contribution in [-0.2, 0) is 0 Å². The van der Waals surface area contributed by atoms with E-state index >= 15 is 0 Å². The molecule has 0 amide bonds. The molecule has 28 heavy (non-hydrogen) atoms. The van der Waals surface area contributed by atoms with Gasteiger partial charge in [0.1, 0.15) is 11.5 Å². The van der Waals surface area contributed by atoms with Gasteiger partial charge in [-0.15, -0.1) is 10.2 Å². The molecule has 0 unspecified atom stereocenters. The van der Waals surface area contributed by atoms with Gasteiger partial charge in [-0.1, -0.05) is 48.8 Å². The van der Waals surface area contributed by atoms with Crippen molar-refractivity contribution in [1.82, 2.24) is 14.8 Å². The Morgan fingerprint density at radius 3 is 2.36 bits per heavy atom. The molecular formula is C20H21Cl2N3O2S. The van der Waals surface area contributed by atoms with Crippen molar-refractivity contribution in [2.75, 3.05) is 20.0 Å². The van der Waals surface area contributed by atoms with Crippen molar-refractivity contribution >= 4 is 35.0 Å². The number of rotatable bonds is 7. The van der Waals surface area contributed by atoms with Crippen molar-refractivity contribution in [2.24, 2.45) is 5.92 Å². The highest BCUT2D eigenvalue weighted by atomic mass is 35.5. The highest BCUT2D eigenvalue weighted by Gasteiger charge is 2.20. The maximum Gasteiger partial charge on any atom is 0.196 e. The van der Waals surface area contributed by atoms with Crippen LogP contribution >= 0.6 is 35.0 Å². The first-order valence-corrected chi connectivity index (χ1v) is 10.4. The monoisotopic (exact) mass is 437 g/mol. The van der Waals surface area contributed by atoms with E-state index in [1.54, 1.807) is 32.0 Å². The predicted molar refractivity (Wildman–Crippen MR) is 115 cm³/mol. The summed E-state index contributed by atoms with van der Waals surface area (Å²) in [5.74, 6) is 3.33. The molecule has 2 aromatic carbocycles. The molecule has 0 bridgehead atoms. The summed E-state index contributed by atoms with van der Waals surface area (Å²) in [6.07, 6.45) is 0. The topological polar surface area (TPSA) is 49.2 Å². The molecule has 148 valence electrons. The van der Waals surface area contributed by atoms with Crippen LogP contribution in [0.1, 0.15) is 13.8 Å². The molecule has 3 rings (SSSR count). The van der Waals surface area contributed by atoms with Crippen LogP contribution in [0.2, 0.25) is 10.0 Å². The van der Waals surface area contributed by atoms with Crippen molar-refractivity contribution in [1.29, 1.82) is 0 Å². The van der Waals surface area contributed by atoms with E-state index in [9.17, 15) is 0 Å². The summed E-state index contributed by atoms with van der Waals surface area (Å²) in [4.78, 5) is 0. The van der Waals surface area contributed by atoms with Crippen LogP contribution in [0.3, 0.4) is 0 Å². The van der Waals surface area contributed by atoms with Crippen molar-refractivity contribution in [3.63, 3.8) is 0 Å². The highest BCUT2D eigenvalue weighted by molar-refractivity contribution is 7.99. The second-order valence-corrected chi connectivity index (χ2v) is 8.34. The molecule has 1 heterocycles. The van der Waals surface area contributed by atoms with Crippen LogP contribution in [-0.4, -0.2) is 34.7 Å². The number of nitrogens with zero attached hydrogens (tertiary/aromatic N) is 3. The van der Waals surface area contributed by atoms with E-state index in [-0.39, 0.29) is 0 Å². The third-order valence-electron chi connectivity index (χ3n) is 3.98. The molecule has 0 aliphatic heterocycles. The third kappa shape index (κ3) is 4.40. The zero-order valence-electron chi connectivity index (χ0n) is 16.1. The number of ether oxygens (including phenoxy) is 2. The largest absolute Gasteiger partial charge is 0.496 e. The van der Waals surface area contributed by atoms with Gasteiger partial charge in [0.05, 0.1) is 30.5 Å². The van der Waals surface area contributed by atoms with Gasteiger partial charge in [-0.3, -0.25) is 4.57 Å². The van der Waals surface area contributed by atoms with Gasteiger partial charge < -0.3 is 9.47 Å². The molecule has 0 aliphatic rings. The van der Waals surface area contributed by atoms with Gasteiger partial charge in [-0.2, -0.15) is 0 Å². The van der Waals surface area contributed by atoms with E-state index in [2.05, 4.69) is 24.0 Å². The first kappa shape index (κ1) is 20.8. The molecule has 0 N–H and O–H groups in total. The smallest absolute Gasteiger partial charge is 0.196 e. The maximum absolute atomic E-state index is 6.38. The Hall–Kier alpha value is -1.89. The average Bonchev–Trinajstić information content (AvgIpc) is 3.10. The van der Waals surface area contributed by atoms with Gasteiger partial charge in [-0.05, 0) is 42.3 Å². The van der Waals surface area contributed by atoms with Crippen molar-refractivity contribution in [3.8, 4) is 28.6 Å². The molecule has 3 aromatic rings. The molecule has 1 aromatic heterocycles. The summed E-state index contributed by atoms with van der Waals surface area (Å²) >= 11 is 14.3. The van der Waals surface area contributed by atoms with Crippen LogP contribution in [0.4, 0.5) is 0 Å². The van der Waals surface area contributed by atoms with Crippen LogP contribution < -0.4 is 9.47 Å². The fourth-order valence-corrected chi connectivity index (χ4v) is 3.99. The van der Waals surface area contributed by atoms with Gasteiger partial charge in [0.2, 0.25) is 0 Å². The quantitative estimate of drug-likeness (QED) is 0.423. The molecule has 0 fully saturated rings. The SMILES string of the molecule is COc1ccc(-n2c(SCC(C)C)nnc2-c2cc(Cl)ccc2OC)cc1Cl. The van der Waals surface area contributed by atoms with Crippen LogP contribution in [0, 0.1) is 5.92 Å². The predicted octanol–water partition coefficient (Wildman–Crippen LogP) is 6.01. The molecule has 0 aliphatic carbocycles. The number of methoxy groups -OCH3 is 2. The number of hydrogen-bond acceptors (Lipinski definition) is 5. The first-order valence-electron chi connectivity index (χ1n) is 8.70. The second-order valence-electron chi connectivity index (χ2n) is 6.51. The van der Waals surface area contributed by atoms with E-state index in [0.29, 0.717) is 33.3 Å². The summed E-state index contributed by atoms with van der Waals surface area (Å²) in [6.45, 7) is 4.33. The zero-order valence-corrected chi connectivity index (χ0v) is 18.4. The summed E-state index contributed by atoms with van der Waals surface area (Å²) in [7, 11) is 3.21. The number of halogens is 2. The first-order chi connectivity index (χ1) is 13.4. The minimum absolute atomic E-state index is 0.512. The molecule has 0 spiro atoms. The van der Waals surface area contributed by atoms with E-state index in [4.69, 9.17) is 32.7 Å². The molecule has 0 radical (unpaired) electrons. The van der Waals surface area contributed by atoms with Gasteiger partial charge in [0.15, 0.2) is 11.0 Å². The van der Waals surface area contributed by atoms with E-state index in [0.717, 1.165) is 22.2 Å². The molecule has 0 saturated carbocycles. The molecule has 5 nitrogen and oxygen atoms in total. The maximum atomic E-state index is 6.38. The van der Waals surface area contributed by atoms with Gasteiger partial charge in [0.25, 0.3) is 0 Å². The fourth-order valence-electron chi connectivity index (χ4n) is 2.66. The Morgan fingerprint density at radius 1 is 1.00 bits per heavy atom. The summed E-state index contributed by atoms with van der Waals surface area (Å²) in [5, 5.41) is 10.7. The Kier molecular flexibility index (Phi) is 6.75. The summed E-state index contributed by atoms with van der Waals surface area (Å²) in [5.41, 5.74) is 1.59. The fraction of sp³-hybridized carbons (Fsp3) is 0.300. The van der Waals surface area contributed by atoms with Gasteiger partial charge in [-0.25, -0.2) is 0 Å². The second kappa shape index (κ2) is 9.07. The van der Waals surface area contributed by atoms with Crippen LogP contribution in [0.15, 0.2) is 41.6 Å². The lowest BCUT2D eigenvalue weighted by atomic mass is 10.2. The third-order valence-corrected chi connectivity index (χ3v) is 5.86. The average molecular weight is 438 g/mol. The van der Waals surface area contributed by atoms with Crippen molar-refractivity contribution in [2.45, 2.75) is 19.0 Å². The lowest BCUT2D eigenvalue weighted by Crippen LogP contribution is -2.02. The van der Waals surface area contributed by atoms with E-state index in [1.165, 1.54) is 0 Å². The number of benzene rings is 2. The Bertz CT molecular complexity index is 976. The van der Waals surface area contributed by atoms with Crippen LogP contribution in [0.25, 0.3) is 17.1 Å². The minimum atomic E-state index is 0.512. The van der Waals surface area contributed by atoms with Gasteiger partial charge in [0, 0.05) is 10.8 Å². The summed E-state index contributed by atoms with van der Waals surface area (Å²) < 4.78 is 12.8. The zero-order chi connectivity index (χ0) is 20.3. The Balaban J connectivity index is 2.19. The number of thioether (sulfide) groups is 1. The normalized spacial score (nSPS) is 11.1. The standard InChI is InChI=1S/C20H21Cl2N3O2S/c1-12(2)11-28-20-24-23-19(15-9-13(21)5-7-17(15)26-3)25(20)14-6-8-18(27-4)16(22)10-14/h5-10,12H,11H2,1-4H3. The Labute approximate surface area is 179 Å². The minimum Gasteiger partial charge on any atom is -0.496 e. The van der Waals surface area contributed by atoms with Crippen molar-refractivity contribution in [3.05, 3.63) is 46.4 Å². The highest BCUT2D eigenvalue weighted by Crippen LogP contribution is 2.37. The van der Waals surface area contributed by atoms with Crippen molar-refractivity contribution < 1.29 is 9.47 Å². The Morgan fingerprint density at radius 2 is 1.71 bits per heavy atom. The summed E-state index contributed by atoms with van der Waals surface area (Å²) in [6, 6.07) is 11.0. The van der Waals surface area contributed by atoms with Crippen LogP contribution in [0.5, 0.6) is 11.5 Å². The molecular weight excluding hydrogens is 417 g/mol. The number of hydrogen-bond donors (Lipinski definition) is 0. The molecule has 8 heteroatoms. The van der Waals surface area contributed by atoms with Gasteiger partial charge >= 0.3 is 0 Å². The molecule has 0 atom stereocenters. The lowest BCUT2D eigenvalue weighted by molar-refractivity contribution is 0.415. The molecule has 0 saturated heterocycles.